The summed E-state index contributed by atoms with van der Waals surface area (Å²) in [5, 5.41) is 2.07. The standard InChI is InChI=1S/C10H10N2O3/c11-7-3-1-6(2-4-7)5-8-9(13)12-10(14)15-8/h1-4,8H,5,11H2,(H,12,13,14). The molecule has 3 N–H and O–H groups in total. The molecule has 1 atom stereocenters. The number of alkyl carbamates (subject to hydrolysis) is 1. The Kier molecular flexibility index (Phi) is 2.29. The van der Waals surface area contributed by atoms with Crippen molar-refractivity contribution in [3.63, 3.8) is 0 Å². The summed E-state index contributed by atoms with van der Waals surface area (Å²) >= 11 is 0. The molecule has 5 nitrogen and oxygen atoms in total. The molecule has 0 aromatic heterocycles. The Balaban J connectivity index is 2.06. The van der Waals surface area contributed by atoms with E-state index in [1.165, 1.54) is 0 Å². The fraction of sp³-hybridized carbons (Fsp3) is 0.200. The normalized spacial score (nSPS) is 19.9. The molecule has 78 valence electrons. The van der Waals surface area contributed by atoms with Crippen LogP contribution < -0.4 is 11.1 Å². The van der Waals surface area contributed by atoms with E-state index < -0.39 is 18.1 Å². The number of hydrogen-bond acceptors (Lipinski definition) is 4. The molecular formula is C10H10N2O3. The van der Waals surface area contributed by atoms with Crippen LogP contribution in [0.3, 0.4) is 0 Å². The van der Waals surface area contributed by atoms with Gasteiger partial charge in [0.25, 0.3) is 5.91 Å². The Morgan fingerprint density at radius 3 is 2.47 bits per heavy atom. The van der Waals surface area contributed by atoms with Crippen molar-refractivity contribution in [1.29, 1.82) is 0 Å². The van der Waals surface area contributed by atoms with Gasteiger partial charge in [-0.2, -0.15) is 0 Å². The van der Waals surface area contributed by atoms with Crippen molar-refractivity contribution in [3.05, 3.63) is 29.8 Å². The first-order chi connectivity index (χ1) is 7.15. The van der Waals surface area contributed by atoms with Crippen molar-refractivity contribution in [1.82, 2.24) is 5.32 Å². The van der Waals surface area contributed by atoms with Gasteiger partial charge in [0.05, 0.1) is 0 Å². The predicted molar refractivity (Wildman–Crippen MR) is 53.0 cm³/mol. The van der Waals surface area contributed by atoms with E-state index in [4.69, 9.17) is 10.5 Å². The van der Waals surface area contributed by atoms with Crippen LogP contribution in [0.4, 0.5) is 10.5 Å². The molecule has 1 aliphatic heterocycles. The summed E-state index contributed by atoms with van der Waals surface area (Å²) in [6.45, 7) is 0. The highest BCUT2D eigenvalue weighted by Gasteiger charge is 2.31. The van der Waals surface area contributed by atoms with E-state index in [1.54, 1.807) is 24.3 Å². The molecule has 1 saturated heterocycles. The molecule has 0 spiro atoms. The molecule has 5 heteroatoms. The van der Waals surface area contributed by atoms with Crippen LogP contribution in [0.15, 0.2) is 24.3 Å². The summed E-state index contributed by atoms with van der Waals surface area (Å²) in [6.07, 6.45) is -1.03. The third-order valence-corrected chi connectivity index (χ3v) is 2.17. The van der Waals surface area contributed by atoms with Crippen molar-refractivity contribution < 1.29 is 14.3 Å². The van der Waals surface area contributed by atoms with Crippen molar-refractivity contribution in [2.24, 2.45) is 0 Å². The lowest BCUT2D eigenvalue weighted by atomic mass is 10.1. The van der Waals surface area contributed by atoms with Crippen LogP contribution >= 0.6 is 0 Å². The zero-order chi connectivity index (χ0) is 10.8. The molecule has 0 saturated carbocycles. The summed E-state index contributed by atoms with van der Waals surface area (Å²) in [6, 6.07) is 7.08. The largest absolute Gasteiger partial charge is 0.435 e. The van der Waals surface area contributed by atoms with E-state index in [1.807, 2.05) is 0 Å². The third-order valence-electron chi connectivity index (χ3n) is 2.17. The van der Waals surface area contributed by atoms with Gasteiger partial charge in [-0.25, -0.2) is 4.79 Å². The fourth-order valence-electron chi connectivity index (χ4n) is 1.40. The van der Waals surface area contributed by atoms with Gasteiger partial charge in [0.2, 0.25) is 0 Å². The summed E-state index contributed by atoms with van der Waals surface area (Å²) in [4.78, 5) is 21.9. The minimum absolute atomic E-state index is 0.373. The van der Waals surface area contributed by atoms with E-state index >= 15 is 0 Å². The summed E-state index contributed by atoms with van der Waals surface area (Å²) in [7, 11) is 0. The average molecular weight is 206 g/mol. The summed E-state index contributed by atoms with van der Waals surface area (Å²) < 4.78 is 4.78. The van der Waals surface area contributed by atoms with Crippen LogP contribution in [0.5, 0.6) is 0 Å². The van der Waals surface area contributed by atoms with Crippen molar-refractivity contribution in [3.8, 4) is 0 Å². The number of hydrogen-bond donors (Lipinski definition) is 2. The maximum absolute atomic E-state index is 11.2. The molecule has 0 aliphatic carbocycles. The van der Waals surface area contributed by atoms with Gasteiger partial charge in [-0.3, -0.25) is 10.1 Å². The van der Waals surface area contributed by atoms with E-state index in [0.29, 0.717) is 12.1 Å². The van der Waals surface area contributed by atoms with E-state index in [-0.39, 0.29) is 0 Å². The number of benzene rings is 1. The highest BCUT2D eigenvalue weighted by atomic mass is 16.6. The van der Waals surface area contributed by atoms with Crippen molar-refractivity contribution in [2.75, 3.05) is 5.73 Å². The molecule has 1 aliphatic rings. The number of nitrogens with one attached hydrogen (secondary N) is 1. The van der Waals surface area contributed by atoms with Gasteiger partial charge in [0, 0.05) is 12.1 Å². The molecule has 15 heavy (non-hydrogen) atoms. The number of ether oxygens (including phenoxy) is 1. The minimum Gasteiger partial charge on any atom is -0.435 e. The monoisotopic (exact) mass is 206 g/mol. The average Bonchev–Trinajstić information content (AvgIpc) is 2.49. The van der Waals surface area contributed by atoms with Gasteiger partial charge >= 0.3 is 6.09 Å². The molecule has 2 rings (SSSR count). The molecule has 1 aromatic carbocycles. The molecular weight excluding hydrogens is 196 g/mol. The van der Waals surface area contributed by atoms with Gasteiger partial charge in [0.15, 0.2) is 6.10 Å². The summed E-state index contributed by atoms with van der Waals surface area (Å²) in [5.74, 6) is -0.392. The van der Waals surface area contributed by atoms with Gasteiger partial charge in [-0.05, 0) is 17.7 Å². The van der Waals surface area contributed by atoms with Gasteiger partial charge in [0.1, 0.15) is 0 Å². The summed E-state index contributed by atoms with van der Waals surface area (Å²) in [5.41, 5.74) is 7.08. The molecule has 1 aromatic rings. The van der Waals surface area contributed by atoms with E-state index in [0.717, 1.165) is 5.56 Å². The number of nitrogen functional groups attached to an aromatic ring is 1. The molecule has 1 heterocycles. The minimum atomic E-state index is -0.721. The van der Waals surface area contributed by atoms with Crippen LogP contribution in [0.25, 0.3) is 0 Å². The second-order valence-electron chi connectivity index (χ2n) is 3.33. The highest BCUT2D eigenvalue weighted by molar-refractivity contribution is 6.00. The predicted octanol–water partition coefficient (Wildman–Crippen LogP) is 0.446. The lowest BCUT2D eigenvalue weighted by molar-refractivity contribution is -0.123. The van der Waals surface area contributed by atoms with Crippen molar-refractivity contribution in [2.45, 2.75) is 12.5 Å². The zero-order valence-electron chi connectivity index (χ0n) is 7.90. The quantitative estimate of drug-likeness (QED) is 0.688. The SMILES string of the molecule is Nc1ccc(CC2OC(=O)NC2=O)cc1. The molecule has 2 amide bonds. The van der Waals surface area contributed by atoms with Gasteiger partial charge < -0.3 is 10.5 Å². The smallest absolute Gasteiger partial charge is 0.414 e. The van der Waals surface area contributed by atoms with E-state index in [2.05, 4.69) is 5.32 Å². The first-order valence-corrected chi connectivity index (χ1v) is 4.51. The Hall–Kier alpha value is -2.04. The Bertz CT molecular complexity index is 400. The van der Waals surface area contributed by atoms with Gasteiger partial charge in [-0.15, -0.1) is 0 Å². The maximum atomic E-state index is 11.2. The molecule has 1 unspecified atom stereocenters. The Morgan fingerprint density at radius 1 is 1.27 bits per heavy atom. The Labute approximate surface area is 86.2 Å². The topological polar surface area (TPSA) is 81.4 Å². The van der Waals surface area contributed by atoms with Crippen LogP contribution in [-0.4, -0.2) is 18.1 Å². The number of anilines is 1. The molecule has 0 radical (unpaired) electrons. The number of amides is 2. The lowest BCUT2D eigenvalue weighted by Gasteiger charge is -2.06. The first-order valence-electron chi connectivity index (χ1n) is 4.51. The van der Waals surface area contributed by atoms with Crippen LogP contribution in [0.1, 0.15) is 5.56 Å². The second kappa shape index (κ2) is 3.61. The zero-order valence-corrected chi connectivity index (χ0v) is 7.90. The third kappa shape index (κ3) is 2.07. The highest BCUT2D eigenvalue weighted by Crippen LogP contribution is 2.12. The number of nitrogens with two attached hydrogens (primary N) is 1. The first kappa shape index (κ1) is 9.51. The molecule has 0 bridgehead atoms. The van der Waals surface area contributed by atoms with Crippen LogP contribution in [-0.2, 0) is 16.0 Å². The van der Waals surface area contributed by atoms with Crippen LogP contribution in [0, 0.1) is 0 Å². The number of carbonyl (C=O) groups excluding carboxylic acids is 2. The fourth-order valence-corrected chi connectivity index (χ4v) is 1.40. The maximum Gasteiger partial charge on any atom is 0.414 e. The number of cyclic esters (lactones) is 1. The van der Waals surface area contributed by atoms with E-state index in [9.17, 15) is 9.59 Å². The Morgan fingerprint density at radius 2 is 1.93 bits per heavy atom. The molecule has 1 fully saturated rings. The van der Waals surface area contributed by atoms with Crippen molar-refractivity contribution >= 4 is 17.7 Å². The number of rotatable bonds is 2. The van der Waals surface area contributed by atoms with Gasteiger partial charge in [-0.1, -0.05) is 12.1 Å². The second-order valence-corrected chi connectivity index (χ2v) is 3.33. The van der Waals surface area contributed by atoms with Crippen LogP contribution in [0.2, 0.25) is 0 Å². The number of imide groups is 1. The lowest BCUT2D eigenvalue weighted by Crippen LogP contribution is -2.25. The number of carbonyl (C=O) groups is 2.